The third kappa shape index (κ3) is 4.85. The Hall–Kier alpha value is -7.35. The van der Waals surface area contributed by atoms with Crippen molar-refractivity contribution >= 4 is 33.0 Å². The lowest BCUT2D eigenvalue weighted by molar-refractivity contribution is 0.770. The van der Waals surface area contributed by atoms with Crippen LogP contribution in [-0.4, -0.2) is 19.5 Å². The van der Waals surface area contributed by atoms with Gasteiger partial charge in [-0.1, -0.05) is 175 Å². The van der Waals surface area contributed by atoms with E-state index >= 15 is 0 Å². The van der Waals surface area contributed by atoms with E-state index in [1.807, 2.05) is 30.4 Å². The highest BCUT2D eigenvalue weighted by Gasteiger charge is 2.48. The number of benzene rings is 6. The maximum absolute atomic E-state index is 5.42. The van der Waals surface area contributed by atoms with Gasteiger partial charge in [0.1, 0.15) is 0 Å². The van der Waals surface area contributed by atoms with Gasteiger partial charge in [0.15, 0.2) is 11.6 Å². The van der Waals surface area contributed by atoms with Crippen molar-refractivity contribution in [3.8, 4) is 28.5 Å². The summed E-state index contributed by atoms with van der Waals surface area (Å²) >= 11 is 0. The van der Waals surface area contributed by atoms with E-state index in [9.17, 15) is 0 Å². The Morgan fingerprint density at radius 2 is 1.32 bits per heavy atom. The first kappa shape index (κ1) is 32.1. The van der Waals surface area contributed by atoms with Crippen LogP contribution in [0.4, 0.5) is 0 Å². The number of rotatable bonds is 6. The third-order valence-electron chi connectivity index (χ3n) is 11.5. The Kier molecular flexibility index (Phi) is 7.40. The van der Waals surface area contributed by atoms with Gasteiger partial charge >= 0.3 is 0 Å². The normalized spacial score (nSPS) is 14.9. The topological polar surface area (TPSA) is 43.6 Å². The molecule has 0 N–H and O–H groups in total. The molecule has 0 amide bonds. The molecule has 0 saturated heterocycles. The van der Waals surface area contributed by atoms with E-state index in [0.717, 1.165) is 56.9 Å². The zero-order valence-electron chi connectivity index (χ0n) is 30.5. The van der Waals surface area contributed by atoms with Crippen LogP contribution in [0.15, 0.2) is 194 Å². The molecule has 0 spiro atoms. The fourth-order valence-electron chi connectivity index (χ4n) is 9.04. The van der Waals surface area contributed by atoms with E-state index in [2.05, 4.69) is 168 Å². The maximum atomic E-state index is 5.42. The van der Waals surface area contributed by atoms with Crippen LogP contribution in [0.2, 0.25) is 0 Å². The number of nitrogens with zero attached hydrogens (tertiary/aromatic N) is 4. The first-order valence-corrected chi connectivity index (χ1v) is 19.2. The van der Waals surface area contributed by atoms with Crippen LogP contribution >= 0.6 is 0 Å². The number of hydrogen-bond donors (Lipinski definition) is 0. The molecule has 0 unspecified atom stereocenters. The van der Waals surface area contributed by atoms with E-state index in [1.54, 1.807) is 0 Å². The third-order valence-corrected chi connectivity index (χ3v) is 11.5. The SMILES string of the molecule is C1=C=C(c2ccc3c4ccc5c(c4n(-c4nc(C6=CC=CCC6)nc(-c6ccccc6)n4)c3c2)C(c2ccccc2)(c2ccccc2)c2ccccc2-5)C=CC=1. The average molecular weight is 715 g/mol. The molecule has 0 saturated carbocycles. The van der Waals surface area contributed by atoms with Crippen LogP contribution in [-0.2, 0) is 5.41 Å². The van der Waals surface area contributed by atoms with Crippen LogP contribution in [0.5, 0.6) is 0 Å². The quantitative estimate of drug-likeness (QED) is 0.161. The van der Waals surface area contributed by atoms with Gasteiger partial charge in [-0.05, 0) is 70.0 Å². The summed E-state index contributed by atoms with van der Waals surface area (Å²) in [5, 5.41) is 2.27. The van der Waals surface area contributed by atoms with E-state index in [-0.39, 0.29) is 0 Å². The molecule has 3 aliphatic carbocycles. The molecule has 4 nitrogen and oxygen atoms in total. The zero-order chi connectivity index (χ0) is 37.1. The van der Waals surface area contributed by atoms with Crippen molar-refractivity contribution in [3.63, 3.8) is 0 Å². The molecule has 0 radical (unpaired) electrons. The van der Waals surface area contributed by atoms with Crippen molar-refractivity contribution in [2.75, 3.05) is 0 Å². The second-order valence-electron chi connectivity index (χ2n) is 14.5. The summed E-state index contributed by atoms with van der Waals surface area (Å²) in [6.45, 7) is 0. The van der Waals surface area contributed by atoms with E-state index in [4.69, 9.17) is 15.0 Å². The lowest BCUT2D eigenvalue weighted by atomic mass is 9.67. The molecule has 11 rings (SSSR count). The lowest BCUT2D eigenvalue weighted by Gasteiger charge is -2.34. The van der Waals surface area contributed by atoms with E-state index < -0.39 is 5.41 Å². The Labute approximate surface area is 325 Å². The predicted molar refractivity (Wildman–Crippen MR) is 227 cm³/mol. The van der Waals surface area contributed by atoms with Gasteiger partial charge in [0.05, 0.1) is 16.4 Å². The number of allylic oxidation sites excluding steroid dienone is 8. The molecule has 8 aromatic rings. The fraction of sp³-hybridized carbons (Fsp3) is 0.0577. The molecule has 3 aliphatic rings. The van der Waals surface area contributed by atoms with Crippen molar-refractivity contribution < 1.29 is 0 Å². The molecule has 0 bridgehead atoms. The summed E-state index contributed by atoms with van der Waals surface area (Å²) in [5.41, 5.74) is 19.4. The molecule has 0 fully saturated rings. The van der Waals surface area contributed by atoms with Crippen molar-refractivity contribution in [1.29, 1.82) is 0 Å². The minimum absolute atomic E-state index is 0.587. The summed E-state index contributed by atoms with van der Waals surface area (Å²) in [5.74, 6) is 1.93. The predicted octanol–water partition coefficient (Wildman–Crippen LogP) is 12.0. The van der Waals surface area contributed by atoms with Crippen molar-refractivity contribution in [2.24, 2.45) is 0 Å². The van der Waals surface area contributed by atoms with Gasteiger partial charge < -0.3 is 0 Å². The average Bonchev–Trinajstić information content (AvgIpc) is 3.78. The first-order valence-electron chi connectivity index (χ1n) is 19.2. The van der Waals surface area contributed by atoms with Crippen LogP contribution in [0.1, 0.15) is 46.5 Å². The van der Waals surface area contributed by atoms with E-state index in [0.29, 0.717) is 17.6 Å². The Morgan fingerprint density at radius 1 is 0.607 bits per heavy atom. The van der Waals surface area contributed by atoms with Crippen LogP contribution in [0.3, 0.4) is 0 Å². The zero-order valence-corrected chi connectivity index (χ0v) is 30.5. The number of aromatic nitrogens is 4. The minimum Gasteiger partial charge on any atom is -0.277 e. The van der Waals surface area contributed by atoms with E-state index in [1.165, 1.54) is 33.4 Å². The minimum atomic E-state index is -0.639. The molecule has 4 heteroatoms. The highest BCUT2D eigenvalue weighted by atomic mass is 15.2. The monoisotopic (exact) mass is 714 g/mol. The van der Waals surface area contributed by atoms with Crippen LogP contribution < -0.4 is 0 Å². The lowest BCUT2D eigenvalue weighted by Crippen LogP contribution is -2.29. The molecule has 262 valence electrons. The van der Waals surface area contributed by atoms with Gasteiger partial charge in [-0.3, -0.25) is 4.57 Å². The van der Waals surface area contributed by atoms with Crippen molar-refractivity contribution in [3.05, 3.63) is 227 Å². The molecular weight excluding hydrogens is 681 g/mol. The number of hydrogen-bond acceptors (Lipinski definition) is 3. The van der Waals surface area contributed by atoms with Crippen molar-refractivity contribution in [2.45, 2.75) is 18.3 Å². The summed E-state index contributed by atoms with van der Waals surface area (Å²) in [6, 6.07) is 52.5. The van der Waals surface area contributed by atoms with Gasteiger partial charge in [0.25, 0.3) is 0 Å². The highest BCUT2D eigenvalue weighted by Crippen LogP contribution is 2.59. The fourth-order valence-corrected chi connectivity index (χ4v) is 9.04. The molecule has 2 heterocycles. The first-order chi connectivity index (χ1) is 27.8. The Morgan fingerprint density at radius 3 is 2.05 bits per heavy atom. The molecule has 2 aromatic heterocycles. The second kappa shape index (κ2) is 12.9. The maximum Gasteiger partial charge on any atom is 0.238 e. The highest BCUT2D eigenvalue weighted by molar-refractivity contribution is 6.14. The largest absolute Gasteiger partial charge is 0.277 e. The standard InChI is InChI=1S/C52H34N4/c1-6-18-35(19-7-1)38-30-31-42-44-33-32-43-41-28-16-17-29-45(41)52(39-24-12-4-13-25-39,40-26-14-5-15-27-40)47(43)48(44)56(46(42)34-38)51-54-49(36-20-8-2-9-21-36)53-50(55-51)37-22-10-3-11-23-37/h1-6,8-10,12-18,20-22,24-34H,11,23H2. The van der Waals surface area contributed by atoms with Crippen LogP contribution in [0, 0.1) is 0 Å². The molecule has 6 aromatic carbocycles. The van der Waals surface area contributed by atoms with Crippen molar-refractivity contribution in [1.82, 2.24) is 19.5 Å². The van der Waals surface area contributed by atoms with Gasteiger partial charge in [-0.15, -0.1) is 0 Å². The van der Waals surface area contributed by atoms with Gasteiger partial charge in [0, 0.05) is 27.5 Å². The Bertz CT molecular complexity index is 3040. The van der Waals surface area contributed by atoms with Gasteiger partial charge in [0.2, 0.25) is 5.95 Å². The number of fused-ring (bicyclic) bond motifs is 7. The van der Waals surface area contributed by atoms with Gasteiger partial charge in [-0.25, -0.2) is 4.98 Å². The van der Waals surface area contributed by atoms with Gasteiger partial charge in [-0.2, -0.15) is 9.97 Å². The summed E-state index contributed by atoms with van der Waals surface area (Å²) in [4.78, 5) is 16.0. The molecule has 0 atom stereocenters. The molecule has 0 aliphatic heterocycles. The van der Waals surface area contributed by atoms with Crippen LogP contribution in [0.25, 0.3) is 61.4 Å². The smallest absolute Gasteiger partial charge is 0.238 e. The molecular formula is C52H34N4. The summed E-state index contributed by atoms with van der Waals surface area (Å²) in [6.07, 6.45) is 14.3. The Balaban J connectivity index is 1.34. The molecule has 56 heavy (non-hydrogen) atoms. The second-order valence-corrected chi connectivity index (χ2v) is 14.5. The summed E-state index contributed by atoms with van der Waals surface area (Å²) < 4.78 is 2.32. The summed E-state index contributed by atoms with van der Waals surface area (Å²) in [7, 11) is 0.